The number of nitrogens with zero attached hydrogens (tertiary/aromatic N) is 1. The maximum absolute atomic E-state index is 14.2. The summed E-state index contributed by atoms with van der Waals surface area (Å²) in [7, 11) is -4.04. The third-order valence-electron chi connectivity index (χ3n) is 3.69. The maximum Gasteiger partial charge on any atom is 0.338 e. The Morgan fingerprint density at radius 1 is 1.12 bits per heavy atom. The van der Waals surface area contributed by atoms with Crippen molar-refractivity contribution in [3.63, 3.8) is 0 Å². The Balaban J connectivity index is 1.78. The normalized spacial score (nSPS) is 12.3. The number of halogens is 1. The van der Waals surface area contributed by atoms with Crippen molar-refractivity contribution in [3.8, 4) is 0 Å². The van der Waals surface area contributed by atoms with E-state index in [0.717, 1.165) is 10.9 Å². The lowest BCUT2D eigenvalue weighted by atomic mass is 10.1. The second-order valence-electron chi connectivity index (χ2n) is 5.60. The van der Waals surface area contributed by atoms with Gasteiger partial charge in [-0.1, -0.05) is 42.0 Å². The predicted octanol–water partition coefficient (Wildman–Crippen LogP) is 4.30. The zero-order valence-electron chi connectivity index (χ0n) is 13.5. The van der Waals surface area contributed by atoms with Gasteiger partial charge in [0.25, 0.3) is 0 Å². The highest BCUT2D eigenvalue weighted by molar-refractivity contribution is 7.86. The average molecular weight is 357 g/mol. The van der Waals surface area contributed by atoms with Crippen molar-refractivity contribution in [1.82, 2.24) is 4.98 Å². The SMILES string of the molecule is Cc1ccc(S(=O)(=O)O/C=C(\F)Cc2cccc3cccnc23)cc1. The monoisotopic (exact) mass is 357 g/mol. The van der Waals surface area contributed by atoms with E-state index < -0.39 is 15.9 Å². The number of hydrogen-bond acceptors (Lipinski definition) is 4. The number of hydrogen-bond donors (Lipinski definition) is 0. The Morgan fingerprint density at radius 2 is 1.84 bits per heavy atom. The van der Waals surface area contributed by atoms with Crippen molar-refractivity contribution in [2.45, 2.75) is 18.2 Å². The highest BCUT2D eigenvalue weighted by Gasteiger charge is 2.15. The van der Waals surface area contributed by atoms with Gasteiger partial charge in [0.05, 0.1) is 5.52 Å². The van der Waals surface area contributed by atoms with Gasteiger partial charge < -0.3 is 4.18 Å². The standard InChI is InChI=1S/C19H16FNO3S/c1-14-7-9-18(10-8-14)25(22,23)24-13-17(20)12-16-5-2-4-15-6-3-11-21-19(15)16/h2-11,13H,12H2,1H3/b17-13-. The van der Waals surface area contributed by atoms with Crippen LogP contribution < -0.4 is 0 Å². The number of allylic oxidation sites excluding steroid dienone is 1. The maximum atomic E-state index is 14.2. The molecule has 0 radical (unpaired) electrons. The van der Waals surface area contributed by atoms with Crippen LogP contribution in [-0.4, -0.2) is 13.4 Å². The number of para-hydroxylation sites is 1. The summed E-state index contributed by atoms with van der Waals surface area (Å²) in [6.45, 7) is 1.84. The molecule has 0 fully saturated rings. The van der Waals surface area contributed by atoms with Crippen LogP contribution in [0.2, 0.25) is 0 Å². The van der Waals surface area contributed by atoms with Crippen LogP contribution in [0.4, 0.5) is 4.39 Å². The van der Waals surface area contributed by atoms with Gasteiger partial charge in [0.1, 0.15) is 17.0 Å². The second-order valence-corrected chi connectivity index (χ2v) is 7.17. The van der Waals surface area contributed by atoms with E-state index in [1.165, 1.54) is 12.1 Å². The largest absolute Gasteiger partial charge is 0.384 e. The Morgan fingerprint density at radius 3 is 2.60 bits per heavy atom. The first-order chi connectivity index (χ1) is 12.0. The summed E-state index contributed by atoms with van der Waals surface area (Å²) in [5.41, 5.74) is 2.25. The number of fused-ring (bicyclic) bond motifs is 1. The summed E-state index contributed by atoms with van der Waals surface area (Å²) in [5.74, 6) is -0.700. The van der Waals surface area contributed by atoms with Crippen molar-refractivity contribution in [3.05, 3.63) is 84.0 Å². The van der Waals surface area contributed by atoms with Crippen LogP contribution in [0.25, 0.3) is 10.9 Å². The smallest absolute Gasteiger partial charge is 0.338 e. The van der Waals surface area contributed by atoms with E-state index in [9.17, 15) is 12.8 Å². The Labute approximate surface area is 145 Å². The molecule has 3 aromatic rings. The van der Waals surface area contributed by atoms with Crippen LogP contribution in [0.15, 0.2) is 77.8 Å². The molecule has 0 amide bonds. The van der Waals surface area contributed by atoms with Gasteiger partial charge in [-0.25, -0.2) is 4.39 Å². The van der Waals surface area contributed by atoms with Crippen LogP contribution in [0.1, 0.15) is 11.1 Å². The molecule has 3 rings (SSSR count). The van der Waals surface area contributed by atoms with Crippen LogP contribution in [-0.2, 0) is 20.7 Å². The summed E-state index contributed by atoms with van der Waals surface area (Å²) < 4.78 is 43.0. The molecular weight excluding hydrogens is 341 g/mol. The van der Waals surface area contributed by atoms with Crippen molar-refractivity contribution in [2.24, 2.45) is 0 Å². The molecule has 0 spiro atoms. The van der Waals surface area contributed by atoms with E-state index in [-0.39, 0.29) is 11.3 Å². The minimum Gasteiger partial charge on any atom is -0.384 e. The molecule has 1 heterocycles. The number of aromatic nitrogens is 1. The first kappa shape index (κ1) is 17.1. The van der Waals surface area contributed by atoms with Gasteiger partial charge in [0.2, 0.25) is 0 Å². The van der Waals surface area contributed by atoms with E-state index >= 15 is 0 Å². The quantitative estimate of drug-likeness (QED) is 0.505. The lowest BCUT2D eigenvalue weighted by Gasteiger charge is -2.06. The molecule has 0 saturated heterocycles. The summed E-state index contributed by atoms with van der Waals surface area (Å²) in [5, 5.41) is 0.890. The van der Waals surface area contributed by atoms with Gasteiger partial charge in [-0.2, -0.15) is 8.42 Å². The van der Waals surface area contributed by atoms with E-state index in [2.05, 4.69) is 4.98 Å². The number of pyridine rings is 1. The van der Waals surface area contributed by atoms with Gasteiger partial charge in [-0.05, 0) is 30.7 Å². The Kier molecular flexibility index (Phi) is 4.81. The van der Waals surface area contributed by atoms with Crippen LogP contribution in [0, 0.1) is 6.92 Å². The Hall–Kier alpha value is -2.73. The number of rotatable bonds is 5. The fourth-order valence-corrected chi connectivity index (χ4v) is 3.22. The molecule has 0 atom stereocenters. The molecule has 0 saturated carbocycles. The van der Waals surface area contributed by atoms with Crippen LogP contribution in [0.3, 0.4) is 0 Å². The predicted molar refractivity (Wildman–Crippen MR) is 94.1 cm³/mol. The number of aryl methyl sites for hydroxylation is 1. The molecule has 0 aliphatic carbocycles. The summed E-state index contributed by atoms with van der Waals surface area (Å²) in [4.78, 5) is 4.23. The Bertz CT molecular complexity index is 1020. The molecule has 0 aliphatic heterocycles. The van der Waals surface area contributed by atoms with Crippen molar-refractivity contribution < 1.29 is 17.0 Å². The van der Waals surface area contributed by atoms with Crippen molar-refractivity contribution >= 4 is 21.0 Å². The molecule has 0 bridgehead atoms. The molecule has 0 N–H and O–H groups in total. The molecule has 4 nitrogen and oxygen atoms in total. The first-order valence-electron chi connectivity index (χ1n) is 7.63. The van der Waals surface area contributed by atoms with E-state index in [4.69, 9.17) is 4.18 Å². The van der Waals surface area contributed by atoms with Crippen LogP contribution in [0.5, 0.6) is 0 Å². The third-order valence-corrected chi connectivity index (χ3v) is 4.89. The minimum absolute atomic E-state index is 0.0195. The van der Waals surface area contributed by atoms with Crippen molar-refractivity contribution in [2.75, 3.05) is 0 Å². The van der Waals surface area contributed by atoms with Crippen LogP contribution >= 0.6 is 0 Å². The van der Waals surface area contributed by atoms with E-state index in [1.54, 1.807) is 36.5 Å². The highest BCUT2D eigenvalue weighted by atomic mass is 32.2. The average Bonchev–Trinajstić information content (AvgIpc) is 2.61. The zero-order valence-corrected chi connectivity index (χ0v) is 14.3. The lowest BCUT2D eigenvalue weighted by Crippen LogP contribution is -2.03. The molecule has 6 heteroatoms. The van der Waals surface area contributed by atoms with Gasteiger partial charge in [0.15, 0.2) is 0 Å². The molecule has 1 aromatic heterocycles. The van der Waals surface area contributed by atoms with Gasteiger partial charge in [0, 0.05) is 18.0 Å². The summed E-state index contributed by atoms with van der Waals surface area (Å²) in [6, 6.07) is 15.3. The molecular formula is C19H16FNO3S. The number of benzene rings is 2. The fourth-order valence-electron chi connectivity index (χ4n) is 2.41. The third kappa shape index (κ3) is 4.03. The van der Waals surface area contributed by atoms with Crippen molar-refractivity contribution in [1.29, 1.82) is 0 Å². The molecule has 128 valence electrons. The first-order valence-corrected chi connectivity index (χ1v) is 9.04. The van der Waals surface area contributed by atoms with E-state index in [1.807, 2.05) is 19.1 Å². The lowest BCUT2D eigenvalue weighted by molar-refractivity contribution is 0.422. The fraction of sp³-hybridized carbons (Fsp3) is 0.105. The van der Waals surface area contributed by atoms with Gasteiger partial charge in [-0.3, -0.25) is 4.98 Å². The zero-order chi connectivity index (χ0) is 17.9. The van der Waals surface area contributed by atoms with Gasteiger partial charge in [-0.15, -0.1) is 0 Å². The van der Waals surface area contributed by atoms with Gasteiger partial charge >= 0.3 is 10.1 Å². The molecule has 25 heavy (non-hydrogen) atoms. The summed E-state index contributed by atoms with van der Waals surface area (Å²) in [6.07, 6.45) is 2.17. The molecule has 0 unspecified atom stereocenters. The topological polar surface area (TPSA) is 56.3 Å². The second kappa shape index (κ2) is 7.03. The molecule has 2 aromatic carbocycles. The van der Waals surface area contributed by atoms with E-state index in [0.29, 0.717) is 17.3 Å². The summed E-state index contributed by atoms with van der Waals surface area (Å²) >= 11 is 0. The molecule has 0 aliphatic rings. The highest BCUT2D eigenvalue weighted by Crippen LogP contribution is 2.20. The minimum atomic E-state index is -4.04.